The van der Waals surface area contributed by atoms with Gasteiger partial charge < -0.3 is 10.2 Å². The first-order chi connectivity index (χ1) is 8.43. The van der Waals surface area contributed by atoms with Crippen LogP contribution in [0.15, 0.2) is 0 Å². The van der Waals surface area contributed by atoms with E-state index in [1.165, 1.54) is 0 Å². The lowest BCUT2D eigenvalue weighted by atomic mass is 9.94. The molecule has 6 heteroatoms. The highest BCUT2D eigenvalue weighted by molar-refractivity contribution is 7.92. The summed E-state index contributed by atoms with van der Waals surface area (Å²) in [5.41, 5.74) is 0. The first kappa shape index (κ1) is 14.6. The molecule has 0 saturated heterocycles. The Balaban J connectivity index is 2.13. The summed E-state index contributed by atoms with van der Waals surface area (Å²) in [4.78, 5) is 0. The molecule has 2 saturated carbocycles. The quantitative estimate of drug-likeness (QED) is 0.752. The Hall–Kier alpha value is 0.160. The van der Waals surface area contributed by atoms with Gasteiger partial charge in [-0.15, -0.1) is 11.6 Å². The third-order valence-corrected chi connectivity index (χ3v) is 7.45. The highest BCUT2D eigenvalue weighted by Crippen LogP contribution is 2.34. The van der Waals surface area contributed by atoms with Crippen molar-refractivity contribution in [2.45, 2.75) is 73.0 Å². The van der Waals surface area contributed by atoms with Crippen molar-refractivity contribution in [2.24, 2.45) is 0 Å². The van der Waals surface area contributed by atoms with Gasteiger partial charge >= 0.3 is 0 Å². The van der Waals surface area contributed by atoms with Crippen LogP contribution in [0.3, 0.4) is 0 Å². The normalized spacial score (nSPS) is 39.7. The number of halogens is 1. The first-order valence-electron chi connectivity index (χ1n) is 6.66. The molecule has 4 unspecified atom stereocenters. The van der Waals surface area contributed by atoms with Crippen LogP contribution >= 0.6 is 11.6 Å². The Labute approximate surface area is 113 Å². The van der Waals surface area contributed by atoms with Crippen molar-refractivity contribution in [3.63, 3.8) is 0 Å². The molecule has 0 radical (unpaired) electrons. The summed E-state index contributed by atoms with van der Waals surface area (Å²) in [6.45, 7) is 0. The Kier molecular flexibility index (Phi) is 4.57. The van der Waals surface area contributed by atoms with E-state index < -0.39 is 32.7 Å². The summed E-state index contributed by atoms with van der Waals surface area (Å²) >= 11 is 5.95. The zero-order valence-corrected chi connectivity index (χ0v) is 11.9. The third-order valence-electron chi connectivity index (χ3n) is 4.23. The Morgan fingerprint density at radius 2 is 1.56 bits per heavy atom. The second-order valence-corrected chi connectivity index (χ2v) is 8.52. The fourth-order valence-corrected chi connectivity index (χ4v) is 5.99. The molecular weight excluding hydrogens is 276 g/mol. The van der Waals surface area contributed by atoms with Crippen LogP contribution in [0.25, 0.3) is 0 Å². The molecule has 0 aromatic carbocycles. The predicted molar refractivity (Wildman–Crippen MR) is 70.5 cm³/mol. The van der Waals surface area contributed by atoms with Crippen LogP contribution in [0.2, 0.25) is 0 Å². The molecule has 4 atom stereocenters. The van der Waals surface area contributed by atoms with Gasteiger partial charge in [-0.3, -0.25) is 0 Å². The summed E-state index contributed by atoms with van der Waals surface area (Å²) in [5, 5.41) is 17.8. The summed E-state index contributed by atoms with van der Waals surface area (Å²) < 4.78 is 25.0. The van der Waals surface area contributed by atoms with E-state index in [1.807, 2.05) is 0 Å². The lowest BCUT2D eigenvalue weighted by Crippen LogP contribution is -2.49. The van der Waals surface area contributed by atoms with Gasteiger partial charge in [-0.2, -0.15) is 0 Å². The summed E-state index contributed by atoms with van der Waals surface area (Å²) in [5.74, 6) is 0. The van der Waals surface area contributed by atoms with Crippen LogP contribution in [0.5, 0.6) is 0 Å². The lowest BCUT2D eigenvalue weighted by molar-refractivity contribution is 0.0457. The average Bonchev–Trinajstić information content (AvgIpc) is 2.34. The molecule has 0 bridgehead atoms. The number of aliphatic hydroxyl groups is 2. The molecule has 4 nitrogen and oxygen atoms in total. The maximum atomic E-state index is 12.5. The van der Waals surface area contributed by atoms with Crippen LogP contribution in [0, 0.1) is 0 Å². The molecule has 0 amide bonds. The molecular formula is C12H21ClO4S. The number of hydrogen-bond donors (Lipinski definition) is 2. The van der Waals surface area contributed by atoms with Gasteiger partial charge in [0.15, 0.2) is 9.84 Å². The Bertz CT molecular complexity index is 378. The largest absolute Gasteiger partial charge is 0.392 e. The van der Waals surface area contributed by atoms with E-state index in [0.29, 0.717) is 12.8 Å². The maximum Gasteiger partial charge on any atom is 0.158 e. The van der Waals surface area contributed by atoms with Crippen molar-refractivity contribution < 1.29 is 18.6 Å². The van der Waals surface area contributed by atoms with E-state index in [-0.39, 0.29) is 18.1 Å². The van der Waals surface area contributed by atoms with Gasteiger partial charge in [-0.05, 0) is 19.3 Å². The molecule has 18 heavy (non-hydrogen) atoms. The number of alkyl halides is 1. The zero-order chi connectivity index (χ0) is 13.3. The van der Waals surface area contributed by atoms with Crippen molar-refractivity contribution in [3.8, 4) is 0 Å². The fraction of sp³-hybridized carbons (Fsp3) is 1.00. The third kappa shape index (κ3) is 2.84. The van der Waals surface area contributed by atoms with E-state index >= 15 is 0 Å². The van der Waals surface area contributed by atoms with Crippen LogP contribution < -0.4 is 0 Å². The minimum absolute atomic E-state index is 0.0603. The van der Waals surface area contributed by atoms with Crippen molar-refractivity contribution in [2.75, 3.05) is 0 Å². The predicted octanol–water partition coefficient (Wildman–Crippen LogP) is 1.23. The molecule has 2 rings (SSSR count). The maximum absolute atomic E-state index is 12.5. The zero-order valence-electron chi connectivity index (χ0n) is 10.3. The minimum atomic E-state index is -3.34. The molecule has 0 heterocycles. The number of aliphatic hydroxyl groups excluding tert-OH is 2. The van der Waals surface area contributed by atoms with Gasteiger partial charge in [0.05, 0.1) is 28.1 Å². The van der Waals surface area contributed by atoms with Crippen LogP contribution in [0.4, 0.5) is 0 Å². The molecule has 2 N–H and O–H groups in total. The molecule has 106 valence electrons. The van der Waals surface area contributed by atoms with E-state index in [2.05, 4.69) is 0 Å². The van der Waals surface area contributed by atoms with Crippen molar-refractivity contribution in [3.05, 3.63) is 0 Å². The van der Waals surface area contributed by atoms with Crippen molar-refractivity contribution >= 4 is 21.4 Å². The molecule has 0 spiro atoms. The van der Waals surface area contributed by atoms with Gasteiger partial charge in [0, 0.05) is 6.42 Å². The standard InChI is InChI=1S/C12H21ClO4S/c13-9-6-12(11(15)7-10(9)14)18(16,17)8-4-2-1-3-5-8/h8-12,14-15H,1-7H2. The minimum Gasteiger partial charge on any atom is -0.392 e. The van der Waals surface area contributed by atoms with Gasteiger partial charge in [0.2, 0.25) is 0 Å². The van der Waals surface area contributed by atoms with E-state index in [9.17, 15) is 18.6 Å². The van der Waals surface area contributed by atoms with Crippen LogP contribution in [-0.4, -0.2) is 46.7 Å². The number of sulfone groups is 1. The smallest absolute Gasteiger partial charge is 0.158 e. The van der Waals surface area contributed by atoms with Crippen LogP contribution in [-0.2, 0) is 9.84 Å². The molecule has 0 aliphatic heterocycles. The Morgan fingerprint density at radius 3 is 2.17 bits per heavy atom. The highest BCUT2D eigenvalue weighted by Gasteiger charge is 2.44. The second kappa shape index (κ2) is 5.65. The SMILES string of the molecule is O=S(=O)(C1CCCCC1)C1CC(Cl)C(O)CC1O. The summed E-state index contributed by atoms with van der Waals surface area (Å²) in [6.07, 6.45) is 2.80. The van der Waals surface area contributed by atoms with E-state index in [0.717, 1.165) is 19.3 Å². The van der Waals surface area contributed by atoms with Crippen molar-refractivity contribution in [1.29, 1.82) is 0 Å². The first-order valence-corrected chi connectivity index (χ1v) is 8.70. The molecule has 0 aromatic heterocycles. The van der Waals surface area contributed by atoms with E-state index in [4.69, 9.17) is 11.6 Å². The molecule has 2 aliphatic carbocycles. The van der Waals surface area contributed by atoms with Gasteiger partial charge in [0.1, 0.15) is 0 Å². The number of rotatable bonds is 2. The van der Waals surface area contributed by atoms with Gasteiger partial charge in [-0.1, -0.05) is 19.3 Å². The molecule has 2 fully saturated rings. The fourth-order valence-electron chi connectivity index (χ4n) is 3.08. The highest BCUT2D eigenvalue weighted by atomic mass is 35.5. The van der Waals surface area contributed by atoms with Crippen LogP contribution in [0.1, 0.15) is 44.9 Å². The summed E-state index contributed by atoms with van der Waals surface area (Å²) in [6, 6.07) is 0. The van der Waals surface area contributed by atoms with E-state index in [1.54, 1.807) is 0 Å². The average molecular weight is 297 g/mol. The van der Waals surface area contributed by atoms with Gasteiger partial charge in [-0.25, -0.2) is 8.42 Å². The molecule has 0 aromatic rings. The molecule has 2 aliphatic rings. The second-order valence-electron chi connectivity index (χ2n) is 5.51. The topological polar surface area (TPSA) is 74.6 Å². The number of hydrogen-bond acceptors (Lipinski definition) is 4. The summed E-state index contributed by atoms with van der Waals surface area (Å²) in [7, 11) is -3.34. The Morgan fingerprint density at radius 1 is 0.944 bits per heavy atom. The lowest BCUT2D eigenvalue weighted by Gasteiger charge is -2.36. The van der Waals surface area contributed by atoms with Gasteiger partial charge in [0.25, 0.3) is 0 Å². The monoisotopic (exact) mass is 296 g/mol. The van der Waals surface area contributed by atoms with Crippen molar-refractivity contribution in [1.82, 2.24) is 0 Å².